The van der Waals surface area contributed by atoms with Gasteiger partial charge in [-0.2, -0.15) is 13.5 Å². The van der Waals surface area contributed by atoms with Crippen LogP contribution in [0.1, 0.15) is 19.4 Å². The highest BCUT2D eigenvalue weighted by Gasteiger charge is 2.38. The molecule has 2 aromatic carbocycles. The third-order valence-corrected chi connectivity index (χ3v) is 6.21. The van der Waals surface area contributed by atoms with Crippen LogP contribution in [0.4, 0.5) is 0 Å². The van der Waals surface area contributed by atoms with Gasteiger partial charge in [0, 0.05) is 0 Å². The normalized spacial score (nSPS) is 17.5. The van der Waals surface area contributed by atoms with E-state index in [0.717, 1.165) is 0 Å². The second-order valence-corrected chi connectivity index (χ2v) is 9.63. The Hall–Kier alpha value is -2.85. The van der Waals surface area contributed by atoms with Gasteiger partial charge in [-0.25, -0.2) is 0 Å². The molecule has 1 aliphatic heterocycles. The molecule has 3 rings (SSSR count). The van der Waals surface area contributed by atoms with E-state index in [2.05, 4.69) is 15.5 Å². The minimum Gasteiger partial charge on any atom is -0.493 e. The summed E-state index contributed by atoms with van der Waals surface area (Å²) in [5.41, 5.74) is 0.615. The number of hydrogen-bond donors (Lipinski definition) is 1. The number of nitrogens with zero attached hydrogens (tertiary/aromatic N) is 2. The molecule has 1 saturated heterocycles. The number of rotatable bonds is 6. The number of hydrogen-bond acceptors (Lipinski definition) is 8. The summed E-state index contributed by atoms with van der Waals surface area (Å²) < 4.78 is 34.7. The molecule has 0 radical (unpaired) electrons. The van der Waals surface area contributed by atoms with Crippen molar-refractivity contribution in [3.8, 4) is 11.5 Å². The Balaban J connectivity index is 1.76. The lowest BCUT2D eigenvalue weighted by Gasteiger charge is -2.11. The summed E-state index contributed by atoms with van der Waals surface area (Å²) >= 11 is 1.29. The van der Waals surface area contributed by atoms with Gasteiger partial charge in [0.1, 0.15) is 4.90 Å². The maximum atomic E-state index is 12.4. The molecule has 152 valence electrons. The number of benzene rings is 2. The van der Waals surface area contributed by atoms with E-state index in [9.17, 15) is 13.2 Å². The van der Waals surface area contributed by atoms with Crippen LogP contribution in [0.3, 0.4) is 0 Å². The minimum atomic E-state index is -3.98. The van der Waals surface area contributed by atoms with E-state index in [1.54, 1.807) is 44.2 Å². The lowest BCUT2D eigenvalue weighted by molar-refractivity contribution is -0.120. The Labute approximate surface area is 173 Å². The van der Waals surface area contributed by atoms with Crippen LogP contribution in [0.15, 0.2) is 63.6 Å². The predicted octanol–water partition coefficient (Wildman–Crippen LogP) is 2.79. The minimum absolute atomic E-state index is 0.0440. The van der Waals surface area contributed by atoms with E-state index < -0.39 is 14.9 Å². The Morgan fingerprint density at radius 2 is 1.83 bits per heavy atom. The van der Waals surface area contributed by atoms with Crippen LogP contribution in [-0.2, 0) is 14.9 Å². The monoisotopic (exact) mass is 433 g/mol. The van der Waals surface area contributed by atoms with Gasteiger partial charge in [-0.1, -0.05) is 30.0 Å². The number of ether oxygens (including phenoxy) is 1. The van der Waals surface area contributed by atoms with Crippen LogP contribution >= 0.6 is 11.8 Å². The van der Waals surface area contributed by atoms with Crippen molar-refractivity contribution < 1.29 is 22.1 Å². The maximum absolute atomic E-state index is 12.4. The van der Waals surface area contributed by atoms with E-state index in [1.165, 1.54) is 43.3 Å². The Morgan fingerprint density at radius 3 is 2.45 bits per heavy atom. The van der Waals surface area contributed by atoms with E-state index in [0.29, 0.717) is 10.7 Å². The molecule has 0 spiro atoms. The topological polar surface area (TPSA) is 106 Å². The van der Waals surface area contributed by atoms with Crippen molar-refractivity contribution in [1.82, 2.24) is 5.32 Å². The highest BCUT2D eigenvalue weighted by molar-refractivity contribution is 8.16. The molecule has 10 heteroatoms. The second kappa shape index (κ2) is 8.26. The van der Waals surface area contributed by atoms with Gasteiger partial charge < -0.3 is 14.2 Å². The van der Waals surface area contributed by atoms with Crippen LogP contribution in [0.25, 0.3) is 0 Å². The molecule has 1 aliphatic rings. The van der Waals surface area contributed by atoms with Gasteiger partial charge in [0.05, 0.1) is 18.1 Å². The van der Waals surface area contributed by atoms with Gasteiger partial charge >= 0.3 is 10.1 Å². The first-order valence-corrected chi connectivity index (χ1v) is 10.7. The SMILES string of the molecule is COc1cc(/C=N\N=C2\NC(=O)C(C)(C)S2)ccc1OS(=O)(=O)c1ccccc1. The van der Waals surface area contributed by atoms with Crippen LogP contribution in [0, 0.1) is 0 Å². The number of amides is 1. The lowest BCUT2D eigenvalue weighted by Crippen LogP contribution is -2.30. The molecule has 29 heavy (non-hydrogen) atoms. The van der Waals surface area contributed by atoms with Crippen molar-refractivity contribution in [1.29, 1.82) is 0 Å². The Bertz CT molecular complexity index is 1080. The van der Waals surface area contributed by atoms with Crippen LogP contribution in [0.2, 0.25) is 0 Å². The van der Waals surface area contributed by atoms with Crippen LogP contribution in [-0.4, -0.2) is 37.6 Å². The maximum Gasteiger partial charge on any atom is 0.339 e. The molecule has 0 unspecified atom stereocenters. The van der Waals surface area contributed by atoms with Gasteiger partial charge in [0.2, 0.25) is 5.91 Å². The van der Waals surface area contributed by atoms with Gasteiger partial charge in [-0.3, -0.25) is 4.79 Å². The lowest BCUT2D eigenvalue weighted by atomic mass is 10.2. The van der Waals surface area contributed by atoms with Gasteiger partial charge in [-0.05, 0) is 49.7 Å². The van der Waals surface area contributed by atoms with Crippen LogP contribution in [0.5, 0.6) is 11.5 Å². The number of methoxy groups -OCH3 is 1. The average Bonchev–Trinajstić information content (AvgIpc) is 2.95. The van der Waals surface area contributed by atoms with Gasteiger partial charge in [0.15, 0.2) is 16.7 Å². The molecule has 0 bridgehead atoms. The van der Waals surface area contributed by atoms with E-state index >= 15 is 0 Å². The first kappa shape index (κ1) is 20.9. The average molecular weight is 434 g/mol. The van der Waals surface area contributed by atoms with Gasteiger partial charge in [-0.15, -0.1) is 5.10 Å². The van der Waals surface area contributed by atoms with E-state index in [1.807, 2.05) is 0 Å². The zero-order valence-corrected chi connectivity index (χ0v) is 17.6. The fraction of sp³-hybridized carbons (Fsp3) is 0.211. The summed E-state index contributed by atoms with van der Waals surface area (Å²) in [5.74, 6) is 0.158. The summed E-state index contributed by atoms with van der Waals surface area (Å²) in [4.78, 5) is 11.8. The molecule has 0 saturated carbocycles. The fourth-order valence-corrected chi connectivity index (χ4v) is 4.16. The summed E-state index contributed by atoms with van der Waals surface area (Å²) in [7, 11) is -2.57. The molecule has 0 atom stereocenters. The summed E-state index contributed by atoms with van der Waals surface area (Å²) in [6, 6.07) is 12.5. The van der Waals surface area contributed by atoms with E-state index in [-0.39, 0.29) is 22.3 Å². The summed E-state index contributed by atoms with van der Waals surface area (Å²) in [5, 5.41) is 11.0. The van der Waals surface area contributed by atoms with Crippen molar-refractivity contribution in [3.05, 3.63) is 54.1 Å². The number of thioether (sulfide) groups is 1. The zero-order chi connectivity index (χ0) is 21.1. The zero-order valence-electron chi connectivity index (χ0n) is 15.9. The number of carbonyl (C=O) groups excluding carboxylic acids is 1. The summed E-state index contributed by atoms with van der Waals surface area (Å²) in [6.45, 7) is 3.60. The molecule has 1 fully saturated rings. The molecular formula is C19H19N3O5S2. The Kier molecular flexibility index (Phi) is 5.94. The molecule has 0 aliphatic carbocycles. The highest BCUT2D eigenvalue weighted by atomic mass is 32.2. The predicted molar refractivity (Wildman–Crippen MR) is 112 cm³/mol. The molecule has 2 aromatic rings. The largest absolute Gasteiger partial charge is 0.493 e. The first-order chi connectivity index (χ1) is 13.7. The van der Waals surface area contributed by atoms with Crippen molar-refractivity contribution in [2.24, 2.45) is 10.2 Å². The van der Waals surface area contributed by atoms with Crippen molar-refractivity contribution in [2.75, 3.05) is 7.11 Å². The first-order valence-electron chi connectivity index (χ1n) is 8.50. The standard InChI is InChI=1S/C19H19N3O5S2/c1-19(2)17(23)21-18(28-19)22-20-12-13-9-10-15(16(11-13)26-3)27-29(24,25)14-7-5-4-6-8-14/h4-12H,1-3H3,(H,21,22,23)/b20-12-. The molecule has 1 heterocycles. The van der Waals surface area contributed by atoms with Crippen LogP contribution < -0.4 is 14.2 Å². The molecule has 0 aromatic heterocycles. The Morgan fingerprint density at radius 1 is 1.10 bits per heavy atom. The van der Waals surface area contributed by atoms with Crippen molar-refractivity contribution in [2.45, 2.75) is 23.5 Å². The number of amidine groups is 1. The van der Waals surface area contributed by atoms with E-state index in [4.69, 9.17) is 8.92 Å². The smallest absolute Gasteiger partial charge is 0.339 e. The van der Waals surface area contributed by atoms with Gasteiger partial charge in [0.25, 0.3) is 0 Å². The van der Waals surface area contributed by atoms with Crippen molar-refractivity contribution >= 4 is 39.2 Å². The molecule has 1 N–H and O–H groups in total. The third kappa shape index (κ3) is 4.96. The fourth-order valence-electron chi connectivity index (χ4n) is 2.34. The van der Waals surface area contributed by atoms with Crippen molar-refractivity contribution in [3.63, 3.8) is 0 Å². The number of nitrogens with one attached hydrogen (secondary N) is 1. The second-order valence-electron chi connectivity index (χ2n) is 6.48. The molecule has 1 amide bonds. The summed E-state index contributed by atoms with van der Waals surface area (Å²) in [6.07, 6.45) is 1.46. The molecule has 8 nitrogen and oxygen atoms in total. The highest BCUT2D eigenvalue weighted by Crippen LogP contribution is 2.31. The third-order valence-electron chi connectivity index (χ3n) is 3.89. The molecular weight excluding hydrogens is 414 g/mol. The quantitative estimate of drug-likeness (QED) is 0.427. The number of carbonyl (C=O) groups is 1.